The van der Waals surface area contributed by atoms with E-state index in [0.29, 0.717) is 60.8 Å². The number of benzene rings is 1. The fraction of sp³-hybridized carbons (Fsp3) is 0.633. The van der Waals surface area contributed by atoms with Crippen LogP contribution in [-0.4, -0.2) is 63.9 Å². The minimum absolute atomic E-state index is 0.00474. The number of amides is 2. The van der Waals surface area contributed by atoms with Gasteiger partial charge in [-0.2, -0.15) is 0 Å². The van der Waals surface area contributed by atoms with Crippen molar-refractivity contribution >= 4 is 29.4 Å². The maximum atomic E-state index is 14.2. The van der Waals surface area contributed by atoms with E-state index in [1.807, 2.05) is 4.90 Å². The van der Waals surface area contributed by atoms with Gasteiger partial charge in [-0.3, -0.25) is 14.4 Å². The number of nitrogens with zero attached hydrogens (tertiary/aromatic N) is 3. The van der Waals surface area contributed by atoms with Crippen LogP contribution in [0.15, 0.2) is 23.5 Å². The van der Waals surface area contributed by atoms with Crippen molar-refractivity contribution in [1.82, 2.24) is 14.8 Å². The third-order valence-corrected chi connectivity index (χ3v) is 10.2. The average Bonchev–Trinajstić information content (AvgIpc) is 3.64. The highest BCUT2D eigenvalue weighted by Gasteiger charge is 2.56. The first kappa shape index (κ1) is 28.2. The minimum Gasteiger partial charge on any atom is -0.487 e. The largest absolute Gasteiger partial charge is 0.487 e. The van der Waals surface area contributed by atoms with E-state index in [9.17, 15) is 19.5 Å². The second-order valence-electron chi connectivity index (χ2n) is 12.5. The number of carbonyl (C=O) groups excluding carboxylic acids is 2. The van der Waals surface area contributed by atoms with Gasteiger partial charge in [-0.25, -0.2) is 5.84 Å². The summed E-state index contributed by atoms with van der Waals surface area (Å²) < 4.78 is 6.35. The number of ether oxygens (including phenoxy) is 1. The van der Waals surface area contributed by atoms with Gasteiger partial charge in [0.15, 0.2) is 0 Å². The summed E-state index contributed by atoms with van der Waals surface area (Å²) in [5.41, 5.74) is 9.40. The molecular formula is C30H40ClN5O5. The lowest BCUT2D eigenvalue weighted by atomic mass is 9.78. The summed E-state index contributed by atoms with van der Waals surface area (Å²) in [7, 11) is 0. The van der Waals surface area contributed by atoms with Crippen molar-refractivity contribution in [3.63, 3.8) is 0 Å². The lowest BCUT2D eigenvalue weighted by Gasteiger charge is -2.45. The van der Waals surface area contributed by atoms with E-state index in [2.05, 4.69) is 0 Å². The summed E-state index contributed by atoms with van der Waals surface area (Å²) in [5, 5.41) is 12.2. The van der Waals surface area contributed by atoms with Gasteiger partial charge in [0.1, 0.15) is 18.5 Å². The first-order valence-electron chi connectivity index (χ1n) is 15.0. The van der Waals surface area contributed by atoms with Gasteiger partial charge in [0.05, 0.1) is 23.2 Å². The highest BCUT2D eigenvalue weighted by atomic mass is 35.5. The lowest BCUT2D eigenvalue weighted by Crippen LogP contribution is -2.52. The summed E-state index contributed by atoms with van der Waals surface area (Å²) in [6.07, 6.45) is 7.65. The molecule has 2 amide bonds. The Morgan fingerprint density at radius 1 is 1.07 bits per heavy atom. The summed E-state index contributed by atoms with van der Waals surface area (Å²) in [6, 6.07) is 3.58. The number of piperidine rings is 1. The van der Waals surface area contributed by atoms with Crippen LogP contribution in [-0.2, 0) is 20.8 Å². The number of fused-ring (bicyclic) bond motifs is 1. The highest BCUT2D eigenvalue weighted by molar-refractivity contribution is 6.31. The van der Waals surface area contributed by atoms with Crippen molar-refractivity contribution in [2.45, 2.75) is 76.8 Å². The molecule has 222 valence electrons. The van der Waals surface area contributed by atoms with Gasteiger partial charge >= 0.3 is 5.97 Å². The Hall–Kier alpha value is -2.98. The molecule has 10 nitrogen and oxygen atoms in total. The predicted octanol–water partition coefficient (Wildman–Crippen LogP) is 3.54. The molecule has 5 aliphatic rings. The van der Waals surface area contributed by atoms with Crippen molar-refractivity contribution in [2.24, 2.45) is 28.8 Å². The van der Waals surface area contributed by atoms with E-state index in [1.165, 1.54) is 0 Å². The highest BCUT2D eigenvalue weighted by Crippen LogP contribution is 2.56. The Kier molecular flexibility index (Phi) is 7.57. The molecule has 0 radical (unpaired) electrons. The molecule has 2 saturated heterocycles. The molecule has 1 aromatic rings. The molecule has 6 rings (SSSR count). The normalized spacial score (nSPS) is 28.5. The van der Waals surface area contributed by atoms with Gasteiger partial charge in [-0.1, -0.05) is 24.4 Å². The van der Waals surface area contributed by atoms with Crippen LogP contribution >= 0.6 is 11.6 Å². The number of likely N-dealkylation sites (tertiary alicyclic amines) is 1. The van der Waals surface area contributed by atoms with E-state index < -0.39 is 24.0 Å². The van der Waals surface area contributed by atoms with Gasteiger partial charge in [0, 0.05) is 36.6 Å². The van der Waals surface area contributed by atoms with E-state index in [-0.39, 0.29) is 23.8 Å². The SMILES string of the molecule is N/C(COc1ccc(Cl)c2c1C(N1CC3(CC3)CC1=O)N(C(=O)C1CCCCC1C(=O)O)CC2)=C1/CCCCN1N. The summed E-state index contributed by atoms with van der Waals surface area (Å²) in [4.78, 5) is 43.5. The molecular weight excluding hydrogens is 546 g/mol. The fourth-order valence-corrected chi connectivity index (χ4v) is 7.64. The van der Waals surface area contributed by atoms with Crippen LogP contribution in [0.3, 0.4) is 0 Å². The zero-order valence-electron chi connectivity index (χ0n) is 23.4. The van der Waals surface area contributed by atoms with Crippen molar-refractivity contribution in [3.05, 3.63) is 39.7 Å². The quantitative estimate of drug-likeness (QED) is 0.430. The Morgan fingerprint density at radius 3 is 2.51 bits per heavy atom. The number of hydrogen-bond acceptors (Lipinski definition) is 7. The van der Waals surface area contributed by atoms with Crippen LogP contribution in [0.1, 0.15) is 81.5 Å². The number of rotatable bonds is 6. The maximum Gasteiger partial charge on any atom is 0.307 e. The van der Waals surface area contributed by atoms with Crippen LogP contribution in [0.5, 0.6) is 5.75 Å². The topological polar surface area (TPSA) is 142 Å². The lowest BCUT2D eigenvalue weighted by molar-refractivity contribution is -0.157. The number of halogens is 1. The summed E-state index contributed by atoms with van der Waals surface area (Å²) in [5.74, 6) is 4.23. The van der Waals surface area contributed by atoms with E-state index in [4.69, 9.17) is 27.9 Å². The Balaban J connectivity index is 1.38. The number of hydrogen-bond donors (Lipinski definition) is 3. The summed E-state index contributed by atoms with van der Waals surface area (Å²) >= 11 is 6.74. The Morgan fingerprint density at radius 2 is 1.83 bits per heavy atom. The van der Waals surface area contributed by atoms with E-state index in [1.54, 1.807) is 22.0 Å². The second kappa shape index (κ2) is 11.0. The van der Waals surface area contributed by atoms with Gasteiger partial charge in [-0.05, 0) is 74.5 Å². The Bertz CT molecular complexity index is 1280. The van der Waals surface area contributed by atoms with E-state index >= 15 is 0 Å². The van der Waals surface area contributed by atoms with E-state index in [0.717, 1.165) is 62.8 Å². The van der Waals surface area contributed by atoms with Crippen molar-refractivity contribution < 1.29 is 24.2 Å². The van der Waals surface area contributed by atoms with Crippen molar-refractivity contribution in [1.29, 1.82) is 0 Å². The molecule has 5 N–H and O–H groups in total. The van der Waals surface area contributed by atoms with Crippen molar-refractivity contribution in [3.8, 4) is 5.75 Å². The molecule has 3 atom stereocenters. The fourth-order valence-electron chi connectivity index (χ4n) is 7.38. The van der Waals surface area contributed by atoms with Crippen LogP contribution in [0.2, 0.25) is 5.02 Å². The third-order valence-electron chi connectivity index (χ3n) is 9.87. The zero-order chi connectivity index (χ0) is 28.9. The first-order chi connectivity index (χ1) is 19.7. The predicted molar refractivity (Wildman–Crippen MR) is 152 cm³/mol. The smallest absolute Gasteiger partial charge is 0.307 e. The van der Waals surface area contributed by atoms with Crippen molar-refractivity contribution in [2.75, 3.05) is 26.2 Å². The number of carbonyl (C=O) groups is 3. The van der Waals surface area contributed by atoms with Gasteiger partial charge in [0.2, 0.25) is 11.8 Å². The molecule has 0 bridgehead atoms. The van der Waals surface area contributed by atoms with Crippen LogP contribution in [0, 0.1) is 17.3 Å². The second-order valence-corrected chi connectivity index (χ2v) is 12.9. The van der Waals surface area contributed by atoms with Crippen LogP contribution < -0.4 is 16.3 Å². The average molecular weight is 586 g/mol. The molecule has 3 aliphatic heterocycles. The van der Waals surface area contributed by atoms with Crippen LogP contribution in [0.4, 0.5) is 0 Å². The molecule has 1 aromatic carbocycles. The summed E-state index contributed by atoms with van der Waals surface area (Å²) in [6.45, 7) is 1.77. The molecule has 3 unspecified atom stereocenters. The first-order valence-corrected chi connectivity index (χ1v) is 15.3. The molecule has 2 saturated carbocycles. The minimum atomic E-state index is -0.932. The van der Waals surface area contributed by atoms with Gasteiger partial charge in [0.25, 0.3) is 0 Å². The standard InChI is InChI=1S/C30H40ClN5O5/c31-21-8-9-24(41-16-22(32)23-7-3-4-13-36(23)33)26-20(21)10-14-34(27(26)35-17-30(11-12-30)15-25(35)37)28(38)18-5-1-2-6-19(18)29(39)40/h8-9,18-19,27H,1-7,10-17,32-33H2,(H,39,40)/b23-22-. The molecule has 1 spiro atoms. The third kappa shape index (κ3) is 5.25. The molecule has 0 aromatic heterocycles. The Labute approximate surface area is 245 Å². The number of carboxylic acid groups (broad SMARTS) is 1. The maximum absolute atomic E-state index is 14.2. The van der Waals surface area contributed by atoms with Gasteiger partial charge < -0.3 is 30.4 Å². The molecule has 2 aliphatic carbocycles. The molecule has 4 fully saturated rings. The molecule has 11 heteroatoms. The monoisotopic (exact) mass is 585 g/mol. The zero-order valence-corrected chi connectivity index (χ0v) is 24.2. The van der Waals surface area contributed by atoms with Crippen LogP contribution in [0.25, 0.3) is 0 Å². The number of allylic oxidation sites excluding steroid dienone is 1. The number of carboxylic acids is 1. The van der Waals surface area contributed by atoms with Gasteiger partial charge in [-0.15, -0.1) is 0 Å². The number of aliphatic carboxylic acids is 1. The number of nitrogens with two attached hydrogens (primary N) is 2. The number of hydrazine groups is 1. The molecule has 41 heavy (non-hydrogen) atoms. The molecule has 3 heterocycles.